The number of phenolic OH excluding ortho intramolecular Hbond substituents is 1. The molecule has 0 bridgehead atoms. The van der Waals surface area contributed by atoms with Gasteiger partial charge in [0.25, 0.3) is 5.91 Å². The van der Waals surface area contributed by atoms with E-state index in [2.05, 4.69) is 15.7 Å². The molecule has 0 spiro atoms. The van der Waals surface area contributed by atoms with Crippen molar-refractivity contribution < 1.29 is 19.4 Å². The number of ether oxygens (including phenoxy) is 1. The van der Waals surface area contributed by atoms with E-state index in [-0.39, 0.29) is 17.4 Å². The normalized spacial score (nSPS) is 17.2. The van der Waals surface area contributed by atoms with Gasteiger partial charge in [0.1, 0.15) is 17.4 Å². The predicted molar refractivity (Wildman–Crippen MR) is 124 cm³/mol. The fourth-order valence-electron chi connectivity index (χ4n) is 4.43. The summed E-state index contributed by atoms with van der Waals surface area (Å²) < 4.78 is 6.95. The number of fused-ring (bicyclic) bond motifs is 1. The number of hydrogen-bond acceptors (Lipinski definition) is 6. The highest BCUT2D eigenvalue weighted by atomic mass is 16.5. The largest absolute Gasteiger partial charge is 0.504 e. The number of nitrogens with zero attached hydrogens (tertiary/aromatic N) is 2. The lowest BCUT2D eigenvalue weighted by atomic mass is 9.85. The molecule has 1 aromatic heterocycles. The Balaban J connectivity index is 1.58. The van der Waals surface area contributed by atoms with Crippen LogP contribution in [0, 0.1) is 6.92 Å². The second-order valence-corrected chi connectivity index (χ2v) is 8.30. The minimum atomic E-state index is -0.528. The predicted octanol–water partition coefficient (Wildman–Crippen LogP) is 4.18. The minimum absolute atomic E-state index is 0.0122. The molecule has 2 aromatic carbocycles. The van der Waals surface area contributed by atoms with Crippen molar-refractivity contribution in [3.63, 3.8) is 0 Å². The number of carbonyl (C=O) groups excluding carboxylic acids is 2. The zero-order valence-electron chi connectivity index (χ0n) is 18.4. The molecule has 2 aliphatic rings. The molecule has 0 fully saturated rings. The first-order valence-electron chi connectivity index (χ1n) is 10.8. The third-order valence-electron chi connectivity index (χ3n) is 6.11. The van der Waals surface area contributed by atoms with Crippen LogP contribution < -0.4 is 15.4 Å². The number of aryl methyl sites for hydroxylation is 1. The molecular weight excluding hydrogens is 420 g/mol. The van der Waals surface area contributed by atoms with Crippen LogP contribution in [0.3, 0.4) is 0 Å². The van der Waals surface area contributed by atoms with E-state index in [0.717, 1.165) is 23.2 Å². The van der Waals surface area contributed by atoms with Crippen LogP contribution in [0.1, 0.15) is 46.8 Å². The molecule has 8 nitrogen and oxygen atoms in total. The maximum Gasteiger partial charge on any atom is 0.261 e. The lowest BCUT2D eigenvalue weighted by Gasteiger charge is -2.33. The van der Waals surface area contributed by atoms with Crippen molar-refractivity contribution in [3.8, 4) is 11.5 Å². The number of phenols is 1. The molecule has 0 radical (unpaired) electrons. The molecule has 1 aliphatic carbocycles. The van der Waals surface area contributed by atoms with Crippen molar-refractivity contribution in [3.05, 3.63) is 76.6 Å². The van der Waals surface area contributed by atoms with Crippen LogP contribution in [0.5, 0.6) is 11.5 Å². The number of Topliss-reactive ketones (excluding diaryl/α,β-unsaturated/α-hetero) is 1. The third kappa shape index (κ3) is 3.63. The van der Waals surface area contributed by atoms with Crippen LogP contribution in [0.25, 0.3) is 0 Å². The zero-order valence-corrected chi connectivity index (χ0v) is 18.4. The number of allylic oxidation sites excluding steroid dienone is 2. The van der Waals surface area contributed by atoms with Crippen molar-refractivity contribution in [1.82, 2.24) is 9.78 Å². The van der Waals surface area contributed by atoms with E-state index in [4.69, 9.17) is 4.74 Å². The summed E-state index contributed by atoms with van der Waals surface area (Å²) in [7, 11) is 1.48. The van der Waals surface area contributed by atoms with Gasteiger partial charge in [0.2, 0.25) is 0 Å². The summed E-state index contributed by atoms with van der Waals surface area (Å²) in [5, 5.41) is 20.8. The van der Waals surface area contributed by atoms with E-state index in [0.29, 0.717) is 41.2 Å². The van der Waals surface area contributed by atoms with Crippen LogP contribution in [0.2, 0.25) is 0 Å². The molecule has 1 atom stereocenters. The molecule has 33 heavy (non-hydrogen) atoms. The highest BCUT2D eigenvalue weighted by Crippen LogP contribution is 2.43. The monoisotopic (exact) mass is 444 g/mol. The summed E-state index contributed by atoms with van der Waals surface area (Å²) in [6, 6.07) is 12.0. The molecule has 1 unspecified atom stereocenters. The number of aromatic hydroxyl groups is 1. The fourth-order valence-corrected chi connectivity index (χ4v) is 4.43. The number of ketones is 1. The van der Waals surface area contributed by atoms with E-state index in [1.54, 1.807) is 16.8 Å². The number of rotatable bonds is 4. The lowest BCUT2D eigenvalue weighted by Crippen LogP contribution is -2.32. The topological polar surface area (TPSA) is 105 Å². The number of nitrogens with one attached hydrogen (secondary N) is 2. The van der Waals surface area contributed by atoms with E-state index in [1.165, 1.54) is 19.4 Å². The number of methoxy groups -OCH3 is 1. The van der Waals surface area contributed by atoms with Gasteiger partial charge in [-0.1, -0.05) is 23.8 Å². The summed E-state index contributed by atoms with van der Waals surface area (Å²) in [4.78, 5) is 26.1. The van der Waals surface area contributed by atoms with Crippen molar-refractivity contribution >= 4 is 23.2 Å². The Kier molecular flexibility index (Phi) is 5.12. The Morgan fingerprint density at radius 3 is 2.76 bits per heavy atom. The van der Waals surface area contributed by atoms with Crippen LogP contribution in [-0.2, 0) is 4.79 Å². The Labute approximate surface area is 190 Å². The quantitative estimate of drug-likeness (QED) is 0.558. The zero-order chi connectivity index (χ0) is 23.1. The highest BCUT2D eigenvalue weighted by molar-refractivity contribution is 6.08. The first kappa shape index (κ1) is 20.8. The van der Waals surface area contributed by atoms with Gasteiger partial charge in [0.15, 0.2) is 17.3 Å². The Morgan fingerprint density at radius 2 is 2.00 bits per heavy atom. The smallest absolute Gasteiger partial charge is 0.261 e. The molecule has 3 N–H and O–H groups in total. The van der Waals surface area contributed by atoms with Crippen LogP contribution in [0.4, 0.5) is 11.5 Å². The average Bonchev–Trinajstić information content (AvgIpc) is 3.23. The van der Waals surface area contributed by atoms with Gasteiger partial charge in [-0.15, -0.1) is 0 Å². The molecule has 1 aliphatic heterocycles. The highest BCUT2D eigenvalue weighted by Gasteiger charge is 2.37. The van der Waals surface area contributed by atoms with Crippen LogP contribution >= 0.6 is 0 Å². The molecule has 5 rings (SSSR count). The SMILES string of the molecule is COc1cc(C2C3=C(CCCC3=O)Nc3c(C(=O)Nc4ccc(C)cc4)cnn32)ccc1O. The van der Waals surface area contributed by atoms with Crippen molar-refractivity contribution in [1.29, 1.82) is 0 Å². The summed E-state index contributed by atoms with van der Waals surface area (Å²) in [6.45, 7) is 1.99. The second kappa shape index (κ2) is 8.12. The standard InChI is InChI=1S/C25H24N4O4/c1-14-6-9-16(10-7-14)27-25(32)17-13-26-29-23(15-8-11-19(30)21(12-15)33-2)22-18(28-24(17)29)4-3-5-20(22)31/h6-13,23,28,30H,3-5H2,1-2H3,(H,27,32). The van der Waals surface area contributed by atoms with Crippen LogP contribution in [0.15, 0.2) is 59.9 Å². The van der Waals surface area contributed by atoms with Gasteiger partial charge >= 0.3 is 0 Å². The van der Waals surface area contributed by atoms with E-state index < -0.39 is 6.04 Å². The Hall–Kier alpha value is -4.07. The Morgan fingerprint density at radius 1 is 1.21 bits per heavy atom. The van der Waals surface area contributed by atoms with Crippen molar-refractivity contribution in [2.24, 2.45) is 0 Å². The van der Waals surface area contributed by atoms with Crippen molar-refractivity contribution in [2.45, 2.75) is 32.2 Å². The van der Waals surface area contributed by atoms with Crippen LogP contribution in [-0.4, -0.2) is 33.7 Å². The van der Waals surface area contributed by atoms with E-state index in [1.807, 2.05) is 31.2 Å². The summed E-state index contributed by atoms with van der Waals surface area (Å²) in [5.41, 5.74) is 4.36. The second-order valence-electron chi connectivity index (χ2n) is 8.30. The van der Waals surface area contributed by atoms with E-state index in [9.17, 15) is 14.7 Å². The average molecular weight is 444 g/mol. The maximum absolute atomic E-state index is 13.1. The molecule has 0 saturated carbocycles. The molecule has 8 heteroatoms. The molecule has 1 amide bonds. The maximum atomic E-state index is 13.1. The summed E-state index contributed by atoms with van der Waals surface area (Å²) in [5.74, 6) is 0.610. The summed E-state index contributed by atoms with van der Waals surface area (Å²) in [6.07, 6.45) is 3.43. The van der Waals surface area contributed by atoms with Gasteiger partial charge in [-0.25, -0.2) is 4.68 Å². The first-order chi connectivity index (χ1) is 16.0. The molecule has 0 saturated heterocycles. The number of benzene rings is 2. The van der Waals surface area contributed by atoms with Gasteiger partial charge in [-0.2, -0.15) is 5.10 Å². The summed E-state index contributed by atoms with van der Waals surface area (Å²) >= 11 is 0. The molecule has 2 heterocycles. The number of carbonyl (C=O) groups is 2. The van der Waals surface area contributed by atoms with E-state index >= 15 is 0 Å². The number of hydrogen-bond donors (Lipinski definition) is 3. The minimum Gasteiger partial charge on any atom is -0.504 e. The first-order valence-corrected chi connectivity index (χ1v) is 10.8. The molecular formula is C25H24N4O4. The number of amides is 1. The molecule has 168 valence electrons. The fraction of sp³-hybridized carbons (Fsp3) is 0.240. The molecule has 3 aromatic rings. The van der Waals surface area contributed by atoms with Gasteiger partial charge in [0.05, 0.1) is 13.3 Å². The van der Waals surface area contributed by atoms with Gasteiger partial charge < -0.3 is 20.5 Å². The Bertz CT molecular complexity index is 1290. The number of aromatic nitrogens is 2. The lowest BCUT2D eigenvalue weighted by molar-refractivity contribution is -0.116. The number of anilines is 2. The van der Waals surface area contributed by atoms with Gasteiger partial charge in [-0.05, 0) is 49.6 Å². The van der Waals surface area contributed by atoms with Gasteiger partial charge in [-0.3, -0.25) is 9.59 Å². The third-order valence-corrected chi connectivity index (χ3v) is 6.11. The van der Waals surface area contributed by atoms with Gasteiger partial charge in [0, 0.05) is 23.4 Å². The van der Waals surface area contributed by atoms with Crippen molar-refractivity contribution in [2.75, 3.05) is 17.7 Å².